The van der Waals surface area contributed by atoms with Crippen LogP contribution in [-0.2, 0) is 9.05 Å². The summed E-state index contributed by atoms with van der Waals surface area (Å²) in [6.07, 6.45) is 0.842. The molecule has 0 aliphatic heterocycles. The molecule has 0 saturated heterocycles. The Balaban J connectivity index is 2.24. The molecule has 21 heavy (non-hydrogen) atoms. The Morgan fingerprint density at radius 2 is 1.90 bits per heavy atom. The molecule has 9 heteroatoms. The third-order valence-corrected chi connectivity index (χ3v) is 3.78. The second kappa shape index (κ2) is 5.74. The van der Waals surface area contributed by atoms with E-state index in [4.69, 9.17) is 10.7 Å². The van der Waals surface area contributed by atoms with Gasteiger partial charge < -0.3 is 5.32 Å². The monoisotopic (exact) mass is 332 g/mol. The molecule has 1 amide bonds. The molecule has 0 aliphatic carbocycles. The molecule has 0 spiro atoms. The van der Waals surface area contributed by atoms with E-state index < -0.39 is 31.5 Å². The number of aromatic nitrogens is 1. The van der Waals surface area contributed by atoms with Gasteiger partial charge in [-0.3, -0.25) is 4.79 Å². The van der Waals surface area contributed by atoms with Crippen molar-refractivity contribution in [2.24, 2.45) is 0 Å². The summed E-state index contributed by atoms with van der Waals surface area (Å²) in [7, 11) is 1.01. The summed E-state index contributed by atoms with van der Waals surface area (Å²) in [5.74, 6) is -2.36. The first kappa shape index (κ1) is 15.3. The fourth-order valence-electron chi connectivity index (χ4n) is 1.45. The zero-order valence-corrected chi connectivity index (χ0v) is 11.8. The normalized spacial score (nSPS) is 11.2. The average Bonchev–Trinajstić information content (AvgIpc) is 2.40. The van der Waals surface area contributed by atoms with Gasteiger partial charge in [-0.15, -0.1) is 0 Å². The van der Waals surface area contributed by atoms with Gasteiger partial charge in [-0.1, -0.05) is 0 Å². The quantitative estimate of drug-likeness (QED) is 0.876. The summed E-state index contributed by atoms with van der Waals surface area (Å²) in [5, 5.41) is 2.19. The molecule has 1 heterocycles. The summed E-state index contributed by atoms with van der Waals surface area (Å²) in [6, 6.07) is 4.92. The summed E-state index contributed by atoms with van der Waals surface area (Å²) in [5.41, 5.74) is -0.375. The highest BCUT2D eigenvalue weighted by atomic mass is 35.7. The summed E-state index contributed by atoms with van der Waals surface area (Å²) >= 11 is 0. The molecule has 2 aromatic rings. The third-order valence-electron chi connectivity index (χ3n) is 2.43. The Labute approximate surface area is 123 Å². The molecular weight excluding hydrogens is 326 g/mol. The molecule has 1 aromatic carbocycles. The molecule has 110 valence electrons. The number of amides is 1. The first-order valence-electron chi connectivity index (χ1n) is 5.44. The Kier molecular flexibility index (Phi) is 4.19. The number of nitrogens with zero attached hydrogens (tertiary/aromatic N) is 1. The van der Waals surface area contributed by atoms with Crippen LogP contribution >= 0.6 is 10.7 Å². The van der Waals surface area contributed by atoms with Gasteiger partial charge in [0.25, 0.3) is 15.0 Å². The van der Waals surface area contributed by atoms with E-state index in [1.54, 1.807) is 0 Å². The van der Waals surface area contributed by atoms with Crippen LogP contribution in [0.25, 0.3) is 0 Å². The van der Waals surface area contributed by atoms with E-state index in [-0.39, 0.29) is 11.4 Å². The number of hydrogen-bond donors (Lipinski definition) is 1. The Morgan fingerprint density at radius 1 is 1.19 bits per heavy atom. The number of carbonyl (C=O) groups excluding carboxylic acids is 1. The lowest BCUT2D eigenvalue weighted by Gasteiger charge is -2.06. The number of benzene rings is 1. The fourth-order valence-corrected chi connectivity index (χ4v) is 2.21. The maximum absolute atomic E-state index is 13.7. The molecule has 2 rings (SSSR count). The van der Waals surface area contributed by atoms with Crippen molar-refractivity contribution in [1.82, 2.24) is 4.98 Å². The van der Waals surface area contributed by atoms with Gasteiger partial charge in [0.15, 0.2) is 0 Å². The Hall–Kier alpha value is -2.06. The minimum Gasteiger partial charge on any atom is -0.318 e. The predicted molar refractivity (Wildman–Crippen MR) is 71.6 cm³/mol. The van der Waals surface area contributed by atoms with Crippen LogP contribution in [-0.4, -0.2) is 19.3 Å². The largest absolute Gasteiger partial charge is 0.318 e. The fraction of sp³-hybridized carbons (Fsp3) is 0. The van der Waals surface area contributed by atoms with Crippen molar-refractivity contribution in [3.63, 3.8) is 0 Å². The highest BCUT2D eigenvalue weighted by Crippen LogP contribution is 2.21. The standard InChI is InChI=1S/C12H7ClF2N2O3S/c13-21(19,20)8-2-4-10(9(15)5-8)17-12(18)11-3-1-7(14)6-16-11/h1-6H,(H,17,18). The Morgan fingerprint density at radius 3 is 2.43 bits per heavy atom. The minimum absolute atomic E-state index is 0.121. The van der Waals surface area contributed by atoms with Crippen LogP contribution in [0.4, 0.5) is 14.5 Å². The van der Waals surface area contributed by atoms with Gasteiger partial charge in [-0.25, -0.2) is 22.2 Å². The van der Waals surface area contributed by atoms with Gasteiger partial charge in [0.2, 0.25) is 0 Å². The van der Waals surface area contributed by atoms with Crippen molar-refractivity contribution in [3.05, 3.63) is 53.9 Å². The van der Waals surface area contributed by atoms with Crippen molar-refractivity contribution < 1.29 is 22.0 Å². The van der Waals surface area contributed by atoms with Gasteiger partial charge in [0.1, 0.15) is 17.3 Å². The van der Waals surface area contributed by atoms with Crippen molar-refractivity contribution in [1.29, 1.82) is 0 Å². The molecule has 0 atom stereocenters. The van der Waals surface area contributed by atoms with E-state index in [0.29, 0.717) is 6.07 Å². The van der Waals surface area contributed by atoms with E-state index in [2.05, 4.69) is 10.3 Å². The van der Waals surface area contributed by atoms with Crippen LogP contribution in [0.3, 0.4) is 0 Å². The lowest BCUT2D eigenvalue weighted by molar-refractivity contribution is 0.102. The number of rotatable bonds is 3. The topological polar surface area (TPSA) is 76.1 Å². The number of pyridine rings is 1. The highest BCUT2D eigenvalue weighted by Gasteiger charge is 2.15. The second-order valence-corrected chi connectivity index (χ2v) is 6.46. The predicted octanol–water partition coefficient (Wildman–Crippen LogP) is 2.54. The maximum atomic E-state index is 13.7. The van der Waals surface area contributed by atoms with Crippen molar-refractivity contribution in [2.45, 2.75) is 4.90 Å². The van der Waals surface area contributed by atoms with E-state index >= 15 is 0 Å². The van der Waals surface area contributed by atoms with Crippen LogP contribution in [0.5, 0.6) is 0 Å². The smallest absolute Gasteiger partial charge is 0.274 e. The second-order valence-electron chi connectivity index (χ2n) is 3.90. The molecule has 0 fully saturated rings. The van der Waals surface area contributed by atoms with Crippen molar-refractivity contribution in [2.75, 3.05) is 5.32 Å². The zero-order chi connectivity index (χ0) is 15.6. The van der Waals surface area contributed by atoms with Gasteiger partial charge in [0.05, 0.1) is 16.8 Å². The molecule has 5 nitrogen and oxygen atoms in total. The number of anilines is 1. The first-order valence-corrected chi connectivity index (χ1v) is 7.75. The van der Waals surface area contributed by atoms with Crippen LogP contribution in [0.1, 0.15) is 10.5 Å². The summed E-state index contributed by atoms with van der Waals surface area (Å²) in [6.45, 7) is 0. The zero-order valence-electron chi connectivity index (χ0n) is 10.2. The van der Waals surface area contributed by atoms with Crippen molar-refractivity contribution >= 4 is 31.3 Å². The number of carbonyl (C=O) groups is 1. The first-order chi connectivity index (χ1) is 9.77. The van der Waals surface area contributed by atoms with Crippen molar-refractivity contribution in [3.8, 4) is 0 Å². The highest BCUT2D eigenvalue weighted by molar-refractivity contribution is 8.13. The summed E-state index contributed by atoms with van der Waals surface area (Å²) < 4.78 is 48.5. The van der Waals surface area contributed by atoms with E-state index in [0.717, 1.165) is 30.5 Å². The summed E-state index contributed by atoms with van der Waals surface area (Å²) in [4.78, 5) is 14.9. The van der Waals surface area contributed by atoms with Gasteiger partial charge in [-0.2, -0.15) is 0 Å². The maximum Gasteiger partial charge on any atom is 0.274 e. The van der Waals surface area contributed by atoms with Crippen LogP contribution in [0, 0.1) is 11.6 Å². The lowest BCUT2D eigenvalue weighted by Crippen LogP contribution is -2.14. The number of halogens is 3. The number of nitrogens with one attached hydrogen (secondary N) is 1. The molecule has 1 N–H and O–H groups in total. The minimum atomic E-state index is -4.06. The molecule has 0 bridgehead atoms. The molecule has 0 unspecified atom stereocenters. The Bertz CT molecular complexity index is 795. The molecule has 0 radical (unpaired) electrons. The SMILES string of the molecule is O=C(Nc1ccc(S(=O)(=O)Cl)cc1F)c1ccc(F)cn1. The van der Waals surface area contributed by atoms with E-state index in [1.807, 2.05) is 0 Å². The van der Waals surface area contributed by atoms with E-state index in [9.17, 15) is 22.0 Å². The van der Waals surface area contributed by atoms with E-state index in [1.165, 1.54) is 0 Å². The van der Waals surface area contributed by atoms with Crippen LogP contribution in [0.15, 0.2) is 41.4 Å². The molecular formula is C12H7ClF2N2O3S. The lowest BCUT2D eigenvalue weighted by atomic mass is 10.2. The molecule has 0 aliphatic rings. The molecule has 0 saturated carbocycles. The van der Waals surface area contributed by atoms with Crippen LogP contribution < -0.4 is 5.32 Å². The van der Waals surface area contributed by atoms with Gasteiger partial charge in [0, 0.05) is 10.7 Å². The molecule has 1 aromatic heterocycles. The third kappa shape index (κ3) is 3.73. The number of hydrogen-bond acceptors (Lipinski definition) is 4. The van der Waals surface area contributed by atoms with Crippen LogP contribution in [0.2, 0.25) is 0 Å². The van der Waals surface area contributed by atoms with Gasteiger partial charge >= 0.3 is 0 Å². The average molecular weight is 333 g/mol. The van der Waals surface area contributed by atoms with Gasteiger partial charge in [-0.05, 0) is 30.3 Å².